The minimum Gasteiger partial charge on any atom is -0.386 e. The van der Waals surface area contributed by atoms with E-state index in [0.717, 1.165) is 5.56 Å². The lowest BCUT2D eigenvalue weighted by molar-refractivity contribution is -0.0136. The number of halogens is 1. The van der Waals surface area contributed by atoms with Gasteiger partial charge in [-0.3, -0.25) is 0 Å². The zero-order valence-electron chi connectivity index (χ0n) is 11.1. The summed E-state index contributed by atoms with van der Waals surface area (Å²) in [4.78, 5) is 11.5. The van der Waals surface area contributed by atoms with Crippen molar-refractivity contribution in [3.63, 3.8) is 0 Å². The molecule has 0 aromatic heterocycles. The van der Waals surface area contributed by atoms with Crippen LogP contribution in [0.2, 0.25) is 0 Å². The summed E-state index contributed by atoms with van der Waals surface area (Å²) in [6.07, 6.45) is 0. The van der Waals surface area contributed by atoms with E-state index in [1.807, 2.05) is 0 Å². The van der Waals surface area contributed by atoms with Gasteiger partial charge in [-0.05, 0) is 24.6 Å². The monoisotopic (exact) mass is 270 g/mol. The van der Waals surface area contributed by atoms with Gasteiger partial charge in [-0.2, -0.15) is 0 Å². The third kappa shape index (κ3) is 6.17. The molecule has 0 spiro atoms. The molecule has 106 valence electrons. The molecule has 0 saturated carbocycles. The predicted molar refractivity (Wildman–Crippen MR) is 69.1 cm³/mol. The number of methoxy groups -OCH3 is 1. The number of hydrogen-bond donors (Lipinski definition) is 3. The standard InChI is InChI=1S/C13H19FN2O3/c1-13(18,9-19-2)8-16-12(17)15-7-10-3-5-11(14)6-4-10/h3-6,18H,7-9H2,1-2H3,(H2,15,16,17). The van der Waals surface area contributed by atoms with E-state index < -0.39 is 11.6 Å². The molecule has 19 heavy (non-hydrogen) atoms. The van der Waals surface area contributed by atoms with E-state index in [9.17, 15) is 14.3 Å². The molecule has 0 saturated heterocycles. The number of hydrogen-bond acceptors (Lipinski definition) is 3. The highest BCUT2D eigenvalue weighted by Gasteiger charge is 2.20. The van der Waals surface area contributed by atoms with Gasteiger partial charge in [0.05, 0.1) is 13.2 Å². The van der Waals surface area contributed by atoms with Gasteiger partial charge in [-0.1, -0.05) is 12.1 Å². The Morgan fingerprint density at radius 1 is 1.37 bits per heavy atom. The van der Waals surface area contributed by atoms with Crippen LogP contribution in [0.4, 0.5) is 9.18 Å². The molecule has 1 rings (SSSR count). The number of aliphatic hydroxyl groups is 1. The first kappa shape index (κ1) is 15.4. The van der Waals surface area contributed by atoms with E-state index in [4.69, 9.17) is 4.74 Å². The molecule has 0 aliphatic heterocycles. The fourth-order valence-electron chi connectivity index (χ4n) is 1.48. The smallest absolute Gasteiger partial charge is 0.315 e. The quantitative estimate of drug-likeness (QED) is 0.723. The van der Waals surface area contributed by atoms with Crippen LogP contribution in [0.1, 0.15) is 12.5 Å². The van der Waals surface area contributed by atoms with E-state index in [1.165, 1.54) is 19.2 Å². The van der Waals surface area contributed by atoms with Gasteiger partial charge in [0, 0.05) is 13.7 Å². The van der Waals surface area contributed by atoms with E-state index >= 15 is 0 Å². The number of nitrogens with one attached hydrogen (secondary N) is 2. The second kappa shape index (κ2) is 7.06. The fourth-order valence-corrected chi connectivity index (χ4v) is 1.48. The van der Waals surface area contributed by atoms with Crippen LogP contribution in [-0.4, -0.2) is 37.0 Å². The number of ether oxygens (including phenoxy) is 1. The molecular formula is C13H19FN2O3. The van der Waals surface area contributed by atoms with Crippen LogP contribution in [0.25, 0.3) is 0 Å². The van der Waals surface area contributed by atoms with Crippen molar-refractivity contribution in [3.8, 4) is 0 Å². The second-order valence-electron chi connectivity index (χ2n) is 4.59. The number of rotatable bonds is 6. The van der Waals surface area contributed by atoms with Crippen LogP contribution >= 0.6 is 0 Å². The van der Waals surface area contributed by atoms with E-state index in [0.29, 0.717) is 6.54 Å². The molecule has 1 aromatic carbocycles. The number of carbonyl (C=O) groups is 1. The maximum Gasteiger partial charge on any atom is 0.315 e. The van der Waals surface area contributed by atoms with Crippen LogP contribution in [0, 0.1) is 5.82 Å². The molecule has 0 bridgehead atoms. The Bertz CT molecular complexity index is 407. The van der Waals surface area contributed by atoms with Crippen LogP contribution in [0.5, 0.6) is 0 Å². The Hall–Kier alpha value is -1.66. The Labute approximate surface area is 111 Å². The Balaban J connectivity index is 2.30. The lowest BCUT2D eigenvalue weighted by Gasteiger charge is -2.22. The van der Waals surface area contributed by atoms with Crippen LogP contribution in [0.3, 0.4) is 0 Å². The molecule has 0 aliphatic carbocycles. The number of urea groups is 1. The summed E-state index contributed by atoms with van der Waals surface area (Å²) < 4.78 is 17.5. The molecule has 0 fully saturated rings. The summed E-state index contributed by atoms with van der Waals surface area (Å²) in [5.74, 6) is -0.316. The van der Waals surface area contributed by atoms with Gasteiger partial charge in [-0.15, -0.1) is 0 Å². The van der Waals surface area contributed by atoms with Gasteiger partial charge in [0.2, 0.25) is 0 Å². The Kier molecular flexibility index (Phi) is 5.72. The molecule has 1 unspecified atom stereocenters. The first-order valence-electron chi connectivity index (χ1n) is 5.90. The highest BCUT2D eigenvalue weighted by molar-refractivity contribution is 5.73. The first-order chi connectivity index (χ1) is 8.93. The second-order valence-corrected chi connectivity index (χ2v) is 4.59. The molecule has 0 heterocycles. The Morgan fingerprint density at radius 2 is 2.00 bits per heavy atom. The molecule has 5 nitrogen and oxygen atoms in total. The average molecular weight is 270 g/mol. The lowest BCUT2D eigenvalue weighted by Crippen LogP contribution is -2.46. The maximum atomic E-state index is 12.7. The van der Waals surface area contributed by atoms with Crippen molar-refractivity contribution in [3.05, 3.63) is 35.6 Å². The van der Waals surface area contributed by atoms with Crippen molar-refractivity contribution >= 4 is 6.03 Å². The minimum atomic E-state index is -1.11. The summed E-state index contributed by atoms with van der Waals surface area (Å²) in [6, 6.07) is 5.45. The van der Waals surface area contributed by atoms with E-state index in [2.05, 4.69) is 10.6 Å². The van der Waals surface area contributed by atoms with E-state index in [-0.39, 0.29) is 19.0 Å². The normalized spacial score (nSPS) is 13.7. The number of benzene rings is 1. The summed E-state index contributed by atoms with van der Waals surface area (Å²) in [5.41, 5.74) is -0.317. The van der Waals surface area contributed by atoms with Gasteiger partial charge >= 0.3 is 6.03 Å². The fraction of sp³-hybridized carbons (Fsp3) is 0.462. The number of carbonyl (C=O) groups excluding carboxylic acids is 1. The molecule has 0 radical (unpaired) electrons. The zero-order chi connectivity index (χ0) is 14.3. The minimum absolute atomic E-state index is 0.0795. The largest absolute Gasteiger partial charge is 0.386 e. The van der Waals surface area contributed by atoms with Gasteiger partial charge in [-0.25, -0.2) is 9.18 Å². The SMILES string of the molecule is COCC(C)(O)CNC(=O)NCc1ccc(F)cc1. The van der Waals surface area contributed by atoms with Gasteiger partial charge in [0.15, 0.2) is 0 Å². The van der Waals surface area contributed by atoms with Gasteiger partial charge in [0.1, 0.15) is 11.4 Å². The number of amides is 2. The van der Waals surface area contributed by atoms with Gasteiger partial charge in [0.25, 0.3) is 0 Å². The lowest BCUT2D eigenvalue weighted by atomic mass is 10.1. The van der Waals surface area contributed by atoms with Crippen molar-refractivity contribution in [1.82, 2.24) is 10.6 Å². The molecule has 1 atom stereocenters. The van der Waals surface area contributed by atoms with Crippen LogP contribution < -0.4 is 10.6 Å². The molecule has 3 N–H and O–H groups in total. The average Bonchev–Trinajstić information content (AvgIpc) is 2.36. The maximum absolute atomic E-state index is 12.7. The van der Waals surface area contributed by atoms with Gasteiger partial charge < -0.3 is 20.5 Å². The molecule has 6 heteroatoms. The van der Waals surface area contributed by atoms with E-state index in [1.54, 1.807) is 19.1 Å². The molecule has 0 aliphatic rings. The first-order valence-corrected chi connectivity index (χ1v) is 5.90. The summed E-state index contributed by atoms with van der Waals surface area (Å²) in [7, 11) is 1.48. The predicted octanol–water partition coefficient (Wildman–Crippen LogP) is 1.02. The molecule has 2 amide bonds. The summed E-state index contributed by atoms with van der Waals surface area (Å²) >= 11 is 0. The van der Waals surface area contributed by atoms with Crippen molar-refractivity contribution in [1.29, 1.82) is 0 Å². The van der Waals surface area contributed by atoms with Crippen LogP contribution in [-0.2, 0) is 11.3 Å². The topological polar surface area (TPSA) is 70.6 Å². The van der Waals surface area contributed by atoms with Crippen molar-refractivity contribution in [2.45, 2.75) is 19.1 Å². The summed E-state index contributed by atoms with van der Waals surface area (Å²) in [5, 5.41) is 14.9. The zero-order valence-corrected chi connectivity index (χ0v) is 11.1. The van der Waals surface area contributed by atoms with Crippen LogP contribution in [0.15, 0.2) is 24.3 Å². The third-order valence-electron chi connectivity index (χ3n) is 2.45. The highest BCUT2D eigenvalue weighted by atomic mass is 19.1. The van der Waals surface area contributed by atoms with Crippen molar-refractivity contribution in [2.75, 3.05) is 20.3 Å². The van der Waals surface area contributed by atoms with Crippen molar-refractivity contribution in [2.24, 2.45) is 0 Å². The third-order valence-corrected chi connectivity index (χ3v) is 2.45. The Morgan fingerprint density at radius 3 is 2.58 bits per heavy atom. The molecular weight excluding hydrogens is 251 g/mol. The van der Waals surface area contributed by atoms with Crippen molar-refractivity contribution < 1.29 is 19.0 Å². The highest BCUT2D eigenvalue weighted by Crippen LogP contribution is 2.03. The summed E-state index contributed by atoms with van der Waals surface area (Å²) in [6.45, 7) is 2.07. The molecule has 1 aromatic rings.